The third kappa shape index (κ3) is 4.15. The molecule has 0 saturated carbocycles. The van der Waals surface area contributed by atoms with Crippen LogP contribution in [0, 0.1) is 6.92 Å². The van der Waals surface area contributed by atoms with Gasteiger partial charge in [-0.25, -0.2) is 0 Å². The van der Waals surface area contributed by atoms with E-state index < -0.39 is 0 Å². The Balaban J connectivity index is 1.88. The number of rotatable bonds is 8. The van der Waals surface area contributed by atoms with E-state index >= 15 is 0 Å². The van der Waals surface area contributed by atoms with E-state index in [1.165, 1.54) is 6.42 Å². The van der Waals surface area contributed by atoms with Crippen molar-refractivity contribution < 1.29 is 9.59 Å². The number of carbonyl (C=O) groups excluding carboxylic acids is 2. The average Bonchev–Trinajstić information content (AvgIpc) is 3.18. The van der Waals surface area contributed by atoms with Gasteiger partial charge in [0.05, 0.1) is 11.2 Å². The maximum atomic E-state index is 13.0. The lowest BCUT2D eigenvalue weighted by Gasteiger charge is -2.18. The lowest BCUT2D eigenvalue weighted by Crippen LogP contribution is -2.31. The van der Waals surface area contributed by atoms with Gasteiger partial charge in [0.2, 0.25) is 5.91 Å². The SMILES string of the molecule is CCCSCCCNC(=O)c1c(N2CCCC2=O)c2cc(C)ccc2n1C. The summed E-state index contributed by atoms with van der Waals surface area (Å²) in [6, 6.07) is 6.16. The second kappa shape index (κ2) is 8.83. The van der Waals surface area contributed by atoms with Crippen molar-refractivity contribution in [2.24, 2.45) is 7.05 Å². The largest absolute Gasteiger partial charge is 0.351 e. The number of thioether (sulfide) groups is 1. The zero-order valence-corrected chi connectivity index (χ0v) is 17.3. The average molecular weight is 388 g/mol. The smallest absolute Gasteiger partial charge is 0.270 e. The van der Waals surface area contributed by atoms with Gasteiger partial charge < -0.3 is 14.8 Å². The van der Waals surface area contributed by atoms with E-state index in [-0.39, 0.29) is 11.8 Å². The highest BCUT2D eigenvalue weighted by atomic mass is 32.2. The second-order valence-electron chi connectivity index (χ2n) is 7.15. The highest BCUT2D eigenvalue weighted by Gasteiger charge is 2.31. The van der Waals surface area contributed by atoms with E-state index in [0.717, 1.165) is 46.5 Å². The molecule has 0 unspecified atom stereocenters. The number of aryl methyl sites for hydroxylation is 2. The lowest BCUT2D eigenvalue weighted by molar-refractivity contribution is -0.117. The summed E-state index contributed by atoms with van der Waals surface area (Å²) in [6.45, 7) is 5.55. The lowest BCUT2D eigenvalue weighted by atomic mass is 10.1. The number of nitrogens with one attached hydrogen (secondary N) is 1. The fourth-order valence-electron chi connectivity index (χ4n) is 3.66. The molecule has 2 heterocycles. The highest BCUT2D eigenvalue weighted by molar-refractivity contribution is 7.99. The Hall–Kier alpha value is -1.95. The van der Waals surface area contributed by atoms with Crippen molar-refractivity contribution in [2.75, 3.05) is 29.5 Å². The predicted octanol–water partition coefficient (Wildman–Crippen LogP) is 3.88. The van der Waals surface area contributed by atoms with Crippen molar-refractivity contribution >= 4 is 40.2 Å². The van der Waals surface area contributed by atoms with E-state index in [1.807, 2.05) is 42.4 Å². The summed E-state index contributed by atoms with van der Waals surface area (Å²) in [5, 5.41) is 4.04. The van der Waals surface area contributed by atoms with Gasteiger partial charge in [-0.1, -0.05) is 18.6 Å². The van der Waals surface area contributed by atoms with Crippen LogP contribution in [0.4, 0.5) is 5.69 Å². The molecule has 27 heavy (non-hydrogen) atoms. The van der Waals surface area contributed by atoms with E-state index in [2.05, 4.69) is 18.3 Å². The van der Waals surface area contributed by atoms with Gasteiger partial charge in [-0.2, -0.15) is 11.8 Å². The van der Waals surface area contributed by atoms with E-state index in [4.69, 9.17) is 0 Å². The number of hydrogen-bond acceptors (Lipinski definition) is 3. The molecule has 1 aliphatic rings. The van der Waals surface area contributed by atoms with Crippen LogP contribution in [0.3, 0.4) is 0 Å². The zero-order chi connectivity index (χ0) is 19.4. The molecule has 2 aromatic rings. The molecule has 0 atom stereocenters. The number of hydrogen-bond donors (Lipinski definition) is 1. The summed E-state index contributed by atoms with van der Waals surface area (Å²) < 4.78 is 1.93. The molecule has 0 bridgehead atoms. The number of anilines is 1. The first-order valence-corrected chi connectivity index (χ1v) is 11.0. The Morgan fingerprint density at radius 2 is 2.11 bits per heavy atom. The van der Waals surface area contributed by atoms with Crippen LogP contribution < -0.4 is 10.2 Å². The first-order chi connectivity index (χ1) is 13.0. The van der Waals surface area contributed by atoms with Gasteiger partial charge in [-0.3, -0.25) is 9.59 Å². The van der Waals surface area contributed by atoms with Gasteiger partial charge in [0.15, 0.2) is 0 Å². The fraction of sp³-hybridized carbons (Fsp3) is 0.524. The van der Waals surface area contributed by atoms with Gasteiger partial charge in [-0.05, 0) is 49.8 Å². The van der Waals surface area contributed by atoms with Crippen LogP contribution in [-0.4, -0.2) is 41.0 Å². The number of nitrogens with zero attached hydrogens (tertiary/aromatic N) is 2. The van der Waals surface area contributed by atoms with Crippen LogP contribution >= 0.6 is 11.8 Å². The number of carbonyl (C=O) groups is 2. The van der Waals surface area contributed by atoms with Crippen molar-refractivity contribution in [3.05, 3.63) is 29.5 Å². The van der Waals surface area contributed by atoms with Crippen LogP contribution in [0.2, 0.25) is 0 Å². The molecular weight excluding hydrogens is 358 g/mol. The number of fused-ring (bicyclic) bond motifs is 1. The van der Waals surface area contributed by atoms with Gasteiger partial charge >= 0.3 is 0 Å². The zero-order valence-electron chi connectivity index (χ0n) is 16.5. The summed E-state index contributed by atoms with van der Waals surface area (Å²) in [7, 11) is 1.91. The van der Waals surface area contributed by atoms with Crippen molar-refractivity contribution in [3.8, 4) is 0 Å². The summed E-state index contributed by atoms with van der Waals surface area (Å²) in [6.07, 6.45) is 3.53. The molecule has 1 fully saturated rings. The van der Waals surface area contributed by atoms with Crippen LogP contribution in [0.5, 0.6) is 0 Å². The summed E-state index contributed by atoms with van der Waals surface area (Å²) in [4.78, 5) is 27.2. The molecule has 0 aliphatic carbocycles. The molecule has 3 rings (SSSR count). The first kappa shape index (κ1) is 19.8. The van der Waals surface area contributed by atoms with Crippen molar-refractivity contribution in [3.63, 3.8) is 0 Å². The molecule has 1 saturated heterocycles. The third-order valence-electron chi connectivity index (χ3n) is 4.99. The van der Waals surface area contributed by atoms with Crippen LogP contribution in [0.25, 0.3) is 10.9 Å². The standard InChI is InChI=1S/C21H29N3O2S/c1-4-12-27-13-6-10-22-21(26)20-19(24-11-5-7-18(24)25)16-14-15(2)8-9-17(16)23(20)3/h8-9,14H,4-7,10-13H2,1-3H3,(H,22,26). The Bertz CT molecular complexity index is 844. The molecule has 0 spiro atoms. The molecule has 1 N–H and O–H groups in total. The quantitative estimate of drug-likeness (QED) is 0.700. The van der Waals surface area contributed by atoms with Crippen molar-refractivity contribution in [2.45, 2.75) is 39.5 Å². The normalized spacial score (nSPS) is 14.3. The van der Waals surface area contributed by atoms with E-state index in [0.29, 0.717) is 25.2 Å². The minimum absolute atomic E-state index is 0.0958. The Morgan fingerprint density at radius 3 is 2.81 bits per heavy atom. The fourth-order valence-corrected chi connectivity index (χ4v) is 4.50. The van der Waals surface area contributed by atoms with E-state index in [1.54, 1.807) is 4.90 Å². The second-order valence-corrected chi connectivity index (χ2v) is 8.37. The first-order valence-electron chi connectivity index (χ1n) is 9.80. The molecule has 1 aliphatic heterocycles. The van der Waals surface area contributed by atoms with Gasteiger partial charge in [-0.15, -0.1) is 0 Å². The predicted molar refractivity (Wildman–Crippen MR) is 114 cm³/mol. The van der Waals surface area contributed by atoms with Crippen molar-refractivity contribution in [1.82, 2.24) is 9.88 Å². The monoisotopic (exact) mass is 387 g/mol. The van der Waals surface area contributed by atoms with Crippen LogP contribution in [0.1, 0.15) is 48.7 Å². The molecule has 1 aromatic carbocycles. The maximum absolute atomic E-state index is 13.0. The Morgan fingerprint density at radius 1 is 1.30 bits per heavy atom. The van der Waals surface area contributed by atoms with Gasteiger partial charge in [0.25, 0.3) is 5.91 Å². The van der Waals surface area contributed by atoms with E-state index in [9.17, 15) is 9.59 Å². The van der Waals surface area contributed by atoms with Crippen LogP contribution in [-0.2, 0) is 11.8 Å². The van der Waals surface area contributed by atoms with Gasteiger partial charge in [0, 0.05) is 31.9 Å². The molecule has 2 amide bonds. The molecular formula is C21H29N3O2S. The van der Waals surface area contributed by atoms with Gasteiger partial charge in [0.1, 0.15) is 5.69 Å². The minimum Gasteiger partial charge on any atom is -0.351 e. The number of benzene rings is 1. The summed E-state index contributed by atoms with van der Waals surface area (Å²) >= 11 is 1.92. The molecule has 0 radical (unpaired) electrons. The number of aromatic nitrogens is 1. The summed E-state index contributed by atoms with van der Waals surface area (Å²) in [5.41, 5.74) is 3.48. The molecule has 1 aromatic heterocycles. The highest BCUT2D eigenvalue weighted by Crippen LogP contribution is 2.36. The maximum Gasteiger partial charge on any atom is 0.270 e. The third-order valence-corrected chi connectivity index (χ3v) is 6.26. The Labute approximate surface area is 165 Å². The Kier molecular flexibility index (Phi) is 6.47. The van der Waals surface area contributed by atoms with Crippen LogP contribution in [0.15, 0.2) is 18.2 Å². The topological polar surface area (TPSA) is 54.3 Å². The minimum atomic E-state index is -0.0958. The van der Waals surface area contributed by atoms with Crippen molar-refractivity contribution in [1.29, 1.82) is 0 Å². The number of amides is 2. The molecule has 5 nitrogen and oxygen atoms in total. The molecule has 146 valence electrons. The molecule has 6 heteroatoms. The summed E-state index contributed by atoms with van der Waals surface area (Å²) in [5.74, 6) is 2.23.